The average molecular weight is 502 g/mol. The number of ether oxygens (including phenoxy) is 2. The molecule has 9 heteroatoms. The molecule has 1 aromatic heterocycles. The van der Waals surface area contributed by atoms with Gasteiger partial charge in [-0.1, -0.05) is 19.9 Å². The number of rotatable bonds is 10. The number of carboxylic acids is 1. The van der Waals surface area contributed by atoms with Gasteiger partial charge >= 0.3 is 5.97 Å². The van der Waals surface area contributed by atoms with Crippen molar-refractivity contribution in [3.05, 3.63) is 70.5 Å². The van der Waals surface area contributed by atoms with E-state index in [4.69, 9.17) is 13.9 Å². The van der Waals surface area contributed by atoms with E-state index < -0.39 is 16.0 Å². The molecular weight excluding hydrogens is 470 g/mol. The van der Waals surface area contributed by atoms with Gasteiger partial charge in [-0.2, -0.15) is 8.42 Å². The summed E-state index contributed by atoms with van der Waals surface area (Å²) >= 11 is 0. The van der Waals surface area contributed by atoms with Crippen molar-refractivity contribution in [3.8, 4) is 11.5 Å². The predicted octanol–water partition coefficient (Wildman–Crippen LogP) is 5.34. The van der Waals surface area contributed by atoms with Crippen LogP contribution in [0.1, 0.15) is 46.7 Å². The number of nitrogens with zero attached hydrogens (tertiary/aromatic N) is 1. The quantitative estimate of drug-likeness (QED) is 0.399. The summed E-state index contributed by atoms with van der Waals surface area (Å²) in [7, 11) is -2.54. The lowest BCUT2D eigenvalue weighted by atomic mass is 10.1. The Hall–Kier alpha value is -3.46. The lowest BCUT2D eigenvalue weighted by molar-refractivity contribution is 0.0696. The van der Waals surface area contributed by atoms with Crippen LogP contribution in [0, 0.1) is 26.7 Å². The van der Waals surface area contributed by atoms with Crippen LogP contribution < -0.4 is 13.8 Å². The molecule has 1 N–H and O–H groups in total. The van der Waals surface area contributed by atoms with Crippen molar-refractivity contribution >= 4 is 21.7 Å². The molecule has 2 aromatic carbocycles. The van der Waals surface area contributed by atoms with Crippen molar-refractivity contribution in [1.82, 2.24) is 0 Å². The summed E-state index contributed by atoms with van der Waals surface area (Å²) in [4.78, 5) is 11.3. The van der Waals surface area contributed by atoms with Crippen LogP contribution in [0.15, 0.2) is 52.0 Å². The van der Waals surface area contributed by atoms with Crippen LogP contribution in [0.2, 0.25) is 0 Å². The van der Waals surface area contributed by atoms with Gasteiger partial charge in [-0.3, -0.25) is 4.31 Å². The molecule has 0 bridgehead atoms. The van der Waals surface area contributed by atoms with Gasteiger partial charge in [0.1, 0.15) is 23.9 Å². The van der Waals surface area contributed by atoms with Crippen molar-refractivity contribution in [3.63, 3.8) is 0 Å². The van der Waals surface area contributed by atoms with Gasteiger partial charge in [-0.25, -0.2) is 4.79 Å². The Morgan fingerprint density at radius 3 is 2.29 bits per heavy atom. The molecule has 0 aliphatic rings. The molecule has 0 atom stereocenters. The van der Waals surface area contributed by atoms with Gasteiger partial charge in [0.25, 0.3) is 10.0 Å². The molecule has 0 unspecified atom stereocenters. The molecule has 0 amide bonds. The highest BCUT2D eigenvalue weighted by molar-refractivity contribution is 7.92. The highest BCUT2D eigenvalue weighted by Crippen LogP contribution is 2.37. The van der Waals surface area contributed by atoms with Crippen molar-refractivity contribution < 1.29 is 32.2 Å². The standard InChI is InChI=1S/C26H31NO7S/c1-16(2)14-27(35(30,31)25-10-7-19(5)34-25)22-11-17(3)18(4)12-24(22)33-15-21-9-8-20(26(28)29)13-23(21)32-6/h7-13,16H,14-15H2,1-6H3,(H,28,29). The zero-order valence-electron chi connectivity index (χ0n) is 20.8. The van der Waals surface area contributed by atoms with Gasteiger partial charge in [0.15, 0.2) is 0 Å². The number of aromatic carboxylic acids is 1. The lowest BCUT2D eigenvalue weighted by Gasteiger charge is -2.28. The van der Waals surface area contributed by atoms with E-state index in [1.54, 1.807) is 31.2 Å². The second-order valence-corrected chi connectivity index (χ2v) is 10.6. The van der Waals surface area contributed by atoms with Crippen molar-refractivity contribution in [2.45, 2.75) is 46.3 Å². The van der Waals surface area contributed by atoms with E-state index in [-0.39, 0.29) is 29.7 Å². The summed E-state index contributed by atoms with van der Waals surface area (Å²) < 4.78 is 45.5. The highest BCUT2D eigenvalue weighted by atomic mass is 32.2. The van der Waals surface area contributed by atoms with E-state index in [0.717, 1.165) is 11.1 Å². The molecule has 188 valence electrons. The molecule has 0 saturated heterocycles. The summed E-state index contributed by atoms with van der Waals surface area (Å²) in [6.45, 7) is 9.67. The van der Waals surface area contributed by atoms with Crippen LogP contribution >= 0.6 is 0 Å². The number of carbonyl (C=O) groups is 1. The van der Waals surface area contributed by atoms with Crippen LogP contribution in [-0.4, -0.2) is 33.1 Å². The first kappa shape index (κ1) is 26.2. The minimum Gasteiger partial charge on any atom is -0.496 e. The third-order valence-electron chi connectivity index (χ3n) is 5.55. The Kier molecular flexibility index (Phi) is 7.80. The molecule has 0 aliphatic heterocycles. The average Bonchev–Trinajstić information content (AvgIpc) is 3.25. The maximum absolute atomic E-state index is 13.6. The number of sulfonamides is 1. The zero-order chi connectivity index (χ0) is 25.9. The van der Waals surface area contributed by atoms with Crippen LogP contribution in [-0.2, 0) is 16.6 Å². The fraction of sp³-hybridized carbons (Fsp3) is 0.346. The summed E-state index contributed by atoms with van der Waals surface area (Å²) in [5.41, 5.74) is 2.97. The molecular formula is C26H31NO7S. The molecule has 0 spiro atoms. The van der Waals surface area contributed by atoms with Crippen molar-refractivity contribution in [2.75, 3.05) is 18.0 Å². The summed E-state index contributed by atoms with van der Waals surface area (Å²) in [6.07, 6.45) is 0. The second-order valence-electron chi connectivity index (χ2n) is 8.82. The Balaban J connectivity index is 2.06. The molecule has 0 aliphatic carbocycles. The fourth-order valence-corrected chi connectivity index (χ4v) is 5.14. The molecule has 3 aromatic rings. The number of benzene rings is 2. The molecule has 0 saturated carbocycles. The van der Waals surface area contributed by atoms with Gasteiger partial charge in [-0.05, 0) is 74.2 Å². The first-order valence-electron chi connectivity index (χ1n) is 11.2. The third kappa shape index (κ3) is 5.79. The molecule has 1 heterocycles. The maximum Gasteiger partial charge on any atom is 0.335 e. The minimum atomic E-state index is -3.99. The van der Waals surface area contributed by atoms with Gasteiger partial charge in [-0.15, -0.1) is 0 Å². The Morgan fingerprint density at radius 1 is 1.03 bits per heavy atom. The van der Waals surface area contributed by atoms with Gasteiger partial charge in [0.2, 0.25) is 5.09 Å². The number of hydrogen-bond donors (Lipinski definition) is 1. The molecule has 0 radical (unpaired) electrons. The van der Waals surface area contributed by atoms with Crippen LogP contribution in [0.5, 0.6) is 11.5 Å². The molecule has 35 heavy (non-hydrogen) atoms. The SMILES string of the molecule is COc1cc(C(=O)O)ccc1COc1cc(C)c(C)cc1N(CC(C)C)S(=O)(=O)c1ccc(C)o1. The van der Waals surface area contributed by atoms with Gasteiger partial charge in [0, 0.05) is 12.1 Å². The van der Waals surface area contributed by atoms with Gasteiger partial charge < -0.3 is 19.0 Å². The summed E-state index contributed by atoms with van der Waals surface area (Å²) in [6, 6.07) is 11.2. The van der Waals surface area contributed by atoms with Gasteiger partial charge in [0.05, 0.1) is 18.4 Å². The number of methoxy groups -OCH3 is 1. The maximum atomic E-state index is 13.6. The third-order valence-corrected chi connectivity index (χ3v) is 7.21. The number of hydrogen-bond acceptors (Lipinski definition) is 6. The van der Waals surface area contributed by atoms with Crippen molar-refractivity contribution in [2.24, 2.45) is 5.92 Å². The first-order chi connectivity index (χ1) is 16.4. The minimum absolute atomic E-state index is 0.0268. The fourth-order valence-electron chi connectivity index (χ4n) is 3.55. The molecule has 8 nitrogen and oxygen atoms in total. The highest BCUT2D eigenvalue weighted by Gasteiger charge is 2.31. The van der Waals surface area contributed by atoms with E-state index in [0.29, 0.717) is 28.5 Å². The predicted molar refractivity (Wildman–Crippen MR) is 133 cm³/mol. The lowest BCUT2D eigenvalue weighted by Crippen LogP contribution is -2.34. The Labute approximate surface area is 206 Å². The number of carboxylic acid groups (broad SMARTS) is 1. The normalized spacial score (nSPS) is 11.5. The summed E-state index contributed by atoms with van der Waals surface area (Å²) in [5.74, 6) is 0.216. The Bertz CT molecular complexity index is 1330. The largest absolute Gasteiger partial charge is 0.496 e. The van der Waals surface area contributed by atoms with Crippen LogP contribution in [0.25, 0.3) is 0 Å². The number of aryl methyl sites for hydroxylation is 3. The topological polar surface area (TPSA) is 106 Å². The second kappa shape index (κ2) is 10.4. The van der Waals surface area contributed by atoms with E-state index in [2.05, 4.69) is 0 Å². The van der Waals surface area contributed by atoms with Crippen LogP contribution in [0.4, 0.5) is 5.69 Å². The van der Waals surface area contributed by atoms with Crippen LogP contribution in [0.3, 0.4) is 0 Å². The molecule has 0 fully saturated rings. The van der Waals surface area contributed by atoms with E-state index in [1.807, 2.05) is 27.7 Å². The summed E-state index contributed by atoms with van der Waals surface area (Å²) in [5, 5.41) is 9.11. The van der Waals surface area contributed by atoms with E-state index in [1.165, 1.54) is 29.6 Å². The smallest absolute Gasteiger partial charge is 0.335 e. The number of anilines is 1. The van der Waals surface area contributed by atoms with E-state index in [9.17, 15) is 18.3 Å². The van der Waals surface area contributed by atoms with Crippen molar-refractivity contribution in [1.29, 1.82) is 0 Å². The zero-order valence-corrected chi connectivity index (χ0v) is 21.6. The molecule has 3 rings (SSSR count). The monoisotopic (exact) mass is 501 g/mol. The Morgan fingerprint density at radius 2 is 1.71 bits per heavy atom. The van der Waals surface area contributed by atoms with E-state index >= 15 is 0 Å². The number of furan rings is 1. The first-order valence-corrected chi connectivity index (χ1v) is 12.6.